The van der Waals surface area contributed by atoms with E-state index in [2.05, 4.69) is 25.0 Å². The molecular formula is C20H27N5O3S. The van der Waals surface area contributed by atoms with Crippen molar-refractivity contribution < 1.29 is 13.9 Å². The number of morpholine rings is 1. The molecule has 9 heteroatoms. The van der Waals surface area contributed by atoms with E-state index in [0.29, 0.717) is 17.4 Å². The predicted molar refractivity (Wildman–Crippen MR) is 113 cm³/mol. The quantitative estimate of drug-likeness (QED) is 0.657. The summed E-state index contributed by atoms with van der Waals surface area (Å²) in [5.41, 5.74) is 2.33. The minimum atomic E-state index is 0.213. The van der Waals surface area contributed by atoms with Gasteiger partial charge in [0, 0.05) is 19.2 Å². The van der Waals surface area contributed by atoms with Gasteiger partial charge in [-0.3, -0.25) is 0 Å². The van der Waals surface area contributed by atoms with Crippen LogP contribution in [0, 0.1) is 6.92 Å². The van der Waals surface area contributed by atoms with E-state index in [1.165, 1.54) is 30.8 Å². The lowest BCUT2D eigenvalue weighted by molar-refractivity contribution is 0.109. The molecule has 1 aliphatic heterocycles. The van der Waals surface area contributed by atoms with Gasteiger partial charge in [0.1, 0.15) is 16.6 Å². The molecule has 0 unspecified atom stereocenters. The summed E-state index contributed by atoms with van der Waals surface area (Å²) < 4.78 is 20.9. The van der Waals surface area contributed by atoms with Crippen LogP contribution in [-0.2, 0) is 4.74 Å². The van der Waals surface area contributed by atoms with Crippen LogP contribution in [0.25, 0.3) is 11.1 Å². The van der Waals surface area contributed by atoms with Gasteiger partial charge in [-0.2, -0.15) is 9.36 Å². The molecule has 0 radical (unpaired) electrons. The molecule has 4 heterocycles. The van der Waals surface area contributed by atoms with Gasteiger partial charge in [-0.05, 0) is 50.2 Å². The minimum absolute atomic E-state index is 0.213. The molecule has 5 rings (SSSR count). The molecule has 1 saturated carbocycles. The van der Waals surface area contributed by atoms with Gasteiger partial charge in [-0.25, -0.2) is 4.98 Å². The molecule has 0 atom stereocenters. The zero-order valence-corrected chi connectivity index (χ0v) is 17.5. The molecule has 0 aromatic carbocycles. The lowest BCUT2D eigenvalue weighted by atomic mass is 9.98. The second-order valence-corrected chi connectivity index (χ2v) is 7.99. The van der Waals surface area contributed by atoms with Crippen molar-refractivity contribution in [2.45, 2.75) is 45.1 Å². The van der Waals surface area contributed by atoms with Gasteiger partial charge in [0.25, 0.3) is 5.88 Å². The number of aromatic nitrogens is 3. The summed E-state index contributed by atoms with van der Waals surface area (Å²) in [7, 11) is 0. The first-order valence-corrected chi connectivity index (χ1v) is 11.0. The highest BCUT2D eigenvalue weighted by atomic mass is 32.1. The van der Waals surface area contributed by atoms with Crippen molar-refractivity contribution in [2.24, 2.45) is 0 Å². The third-order valence-corrected chi connectivity index (χ3v) is 5.61. The van der Waals surface area contributed by atoms with Crippen molar-refractivity contribution >= 4 is 33.6 Å². The maximum absolute atomic E-state index is 6.11. The second-order valence-electron chi connectivity index (χ2n) is 7.19. The average Bonchev–Trinajstić information content (AvgIpc) is 3.39. The third-order valence-electron chi connectivity index (χ3n) is 4.81. The van der Waals surface area contributed by atoms with Crippen molar-refractivity contribution in [3.05, 3.63) is 24.1 Å². The largest absolute Gasteiger partial charge is 0.472 e. The van der Waals surface area contributed by atoms with Gasteiger partial charge in [-0.15, -0.1) is 0 Å². The van der Waals surface area contributed by atoms with Crippen LogP contribution in [0.3, 0.4) is 0 Å². The topological polar surface area (TPSA) is 94.3 Å². The molecule has 8 nitrogen and oxygen atoms in total. The van der Waals surface area contributed by atoms with E-state index in [-0.39, 0.29) is 6.10 Å². The lowest BCUT2D eigenvalue weighted by Crippen LogP contribution is -2.30. The van der Waals surface area contributed by atoms with Crippen LogP contribution < -0.4 is 15.4 Å². The smallest absolute Gasteiger partial charge is 0.263 e. The van der Waals surface area contributed by atoms with Gasteiger partial charge in [-0.1, -0.05) is 6.42 Å². The lowest BCUT2D eigenvalue weighted by Gasteiger charge is -2.22. The Bertz CT molecular complexity index is 891. The van der Waals surface area contributed by atoms with Crippen LogP contribution >= 0.6 is 11.5 Å². The molecule has 156 valence electrons. The highest BCUT2D eigenvalue weighted by Crippen LogP contribution is 2.30. The molecule has 0 bridgehead atoms. The van der Waals surface area contributed by atoms with Crippen molar-refractivity contribution in [2.75, 3.05) is 31.6 Å². The van der Waals surface area contributed by atoms with E-state index in [9.17, 15) is 0 Å². The number of nitrogens with one attached hydrogen (secondary N) is 2. The molecule has 3 aromatic rings. The number of furan rings is 1. The predicted octanol–water partition coefficient (Wildman–Crippen LogP) is 4.05. The molecule has 1 saturated heterocycles. The Kier molecular flexibility index (Phi) is 6.91. The molecular weight excluding hydrogens is 390 g/mol. The molecule has 2 N–H and O–H groups in total. The van der Waals surface area contributed by atoms with Crippen LogP contribution in [0.4, 0.5) is 10.9 Å². The highest BCUT2D eigenvalue weighted by molar-refractivity contribution is 7.10. The standard InChI is InChI=1S/C16H18N4O2S.C4H9NO/c1-10-9-13(23-20-10)18-16-17-12-7-8-21-14(12)15(19-16)22-11-5-3-2-4-6-11;1-3-6-4-2-5-1/h7-9,11H,2-6H2,1H3,(H,17,18,19);5H,1-4H2. The molecule has 0 amide bonds. The summed E-state index contributed by atoms with van der Waals surface area (Å²) in [6, 6.07) is 3.79. The van der Waals surface area contributed by atoms with Gasteiger partial charge in [0.2, 0.25) is 11.5 Å². The fourth-order valence-corrected chi connectivity index (χ4v) is 4.02. The Morgan fingerprint density at radius 2 is 2.00 bits per heavy atom. The maximum Gasteiger partial charge on any atom is 0.263 e. The maximum atomic E-state index is 6.11. The zero-order chi connectivity index (χ0) is 19.9. The van der Waals surface area contributed by atoms with Gasteiger partial charge in [0.05, 0.1) is 25.2 Å². The number of aryl methyl sites for hydroxylation is 1. The Morgan fingerprint density at radius 1 is 1.17 bits per heavy atom. The van der Waals surface area contributed by atoms with E-state index in [0.717, 1.165) is 55.4 Å². The van der Waals surface area contributed by atoms with E-state index in [1.807, 2.05) is 19.1 Å². The van der Waals surface area contributed by atoms with E-state index >= 15 is 0 Å². The first-order chi connectivity index (χ1) is 14.3. The van der Waals surface area contributed by atoms with Crippen LogP contribution in [0.15, 0.2) is 22.8 Å². The summed E-state index contributed by atoms with van der Waals surface area (Å²) >= 11 is 1.39. The fraction of sp³-hybridized carbons (Fsp3) is 0.550. The summed E-state index contributed by atoms with van der Waals surface area (Å²) in [6.07, 6.45) is 7.69. The van der Waals surface area contributed by atoms with Crippen LogP contribution in [0.1, 0.15) is 37.8 Å². The van der Waals surface area contributed by atoms with Gasteiger partial charge < -0.3 is 24.5 Å². The normalized spacial score (nSPS) is 17.6. The number of nitrogens with zero attached hydrogens (tertiary/aromatic N) is 3. The average molecular weight is 418 g/mol. The number of fused-ring (bicyclic) bond motifs is 1. The van der Waals surface area contributed by atoms with Gasteiger partial charge >= 0.3 is 0 Å². The van der Waals surface area contributed by atoms with Crippen LogP contribution in [0.2, 0.25) is 0 Å². The van der Waals surface area contributed by atoms with Crippen molar-refractivity contribution in [3.8, 4) is 5.88 Å². The molecule has 3 aromatic heterocycles. The Labute approximate surface area is 174 Å². The Hall–Kier alpha value is -2.23. The van der Waals surface area contributed by atoms with Crippen molar-refractivity contribution in [1.29, 1.82) is 0 Å². The van der Waals surface area contributed by atoms with E-state index in [4.69, 9.17) is 13.9 Å². The number of ether oxygens (including phenoxy) is 2. The fourth-order valence-electron chi connectivity index (χ4n) is 3.36. The zero-order valence-electron chi connectivity index (χ0n) is 16.6. The molecule has 1 aliphatic carbocycles. The van der Waals surface area contributed by atoms with Crippen LogP contribution in [-0.4, -0.2) is 46.7 Å². The SMILES string of the molecule is C1COCCN1.Cc1cc(Nc2nc(OC3CCCCC3)c3occc3n2)sn1. The molecule has 0 spiro atoms. The van der Waals surface area contributed by atoms with Crippen LogP contribution in [0.5, 0.6) is 5.88 Å². The monoisotopic (exact) mass is 417 g/mol. The molecule has 2 aliphatic rings. The highest BCUT2D eigenvalue weighted by Gasteiger charge is 2.19. The number of anilines is 2. The first-order valence-electron chi connectivity index (χ1n) is 10.2. The molecule has 29 heavy (non-hydrogen) atoms. The Balaban J connectivity index is 0.000000294. The first kappa shape index (κ1) is 20.1. The second kappa shape index (κ2) is 10.00. The number of rotatable bonds is 4. The minimum Gasteiger partial charge on any atom is -0.472 e. The number of hydrogen-bond donors (Lipinski definition) is 2. The van der Waals surface area contributed by atoms with E-state index < -0.39 is 0 Å². The van der Waals surface area contributed by atoms with Gasteiger partial charge in [0.15, 0.2) is 0 Å². The third kappa shape index (κ3) is 5.65. The summed E-state index contributed by atoms with van der Waals surface area (Å²) in [5, 5.41) is 7.27. The van der Waals surface area contributed by atoms with E-state index in [1.54, 1.807) is 6.26 Å². The van der Waals surface area contributed by atoms with Crippen molar-refractivity contribution in [3.63, 3.8) is 0 Å². The van der Waals surface area contributed by atoms with Crippen molar-refractivity contribution in [1.82, 2.24) is 19.7 Å². The number of hydrogen-bond acceptors (Lipinski definition) is 9. The molecule has 2 fully saturated rings. The Morgan fingerprint density at radius 3 is 2.66 bits per heavy atom. The summed E-state index contributed by atoms with van der Waals surface area (Å²) in [4.78, 5) is 8.99. The summed E-state index contributed by atoms with van der Waals surface area (Å²) in [5.74, 6) is 1.03. The summed E-state index contributed by atoms with van der Waals surface area (Å²) in [6.45, 7) is 5.79.